The molecule has 0 aliphatic heterocycles. The summed E-state index contributed by atoms with van der Waals surface area (Å²) in [6.45, 7) is 17.4. The summed E-state index contributed by atoms with van der Waals surface area (Å²) < 4.78 is 0. The van der Waals surface area contributed by atoms with Gasteiger partial charge in [-0.3, -0.25) is 0 Å². The van der Waals surface area contributed by atoms with Crippen molar-refractivity contribution >= 4 is 0 Å². The second-order valence-electron chi connectivity index (χ2n) is 4.35. The maximum atomic E-state index is 4.11. The van der Waals surface area contributed by atoms with E-state index in [9.17, 15) is 0 Å². The Balaban J connectivity index is 2.91. The van der Waals surface area contributed by atoms with Gasteiger partial charge in [0.2, 0.25) is 0 Å². The number of allylic oxidation sites excluding steroid dienone is 2. The van der Waals surface area contributed by atoms with E-state index in [1.807, 2.05) is 0 Å². The Morgan fingerprint density at radius 1 is 0.750 bits per heavy atom. The average molecular weight is 164 g/mol. The van der Waals surface area contributed by atoms with Crippen molar-refractivity contribution in [1.82, 2.24) is 0 Å². The summed E-state index contributed by atoms with van der Waals surface area (Å²) in [5, 5.41) is 0. The van der Waals surface area contributed by atoms with Gasteiger partial charge >= 0.3 is 0 Å². The minimum atomic E-state index is 0.615. The van der Waals surface area contributed by atoms with E-state index in [1.165, 1.54) is 11.1 Å². The van der Waals surface area contributed by atoms with Crippen molar-refractivity contribution in [3.05, 3.63) is 24.3 Å². The molecule has 1 aliphatic rings. The summed E-state index contributed by atoms with van der Waals surface area (Å²) in [5.41, 5.74) is 2.54. The predicted octanol–water partition coefficient (Wildman–Crippen LogP) is 3.66. The van der Waals surface area contributed by atoms with Crippen molar-refractivity contribution in [3.63, 3.8) is 0 Å². The molecule has 1 rings (SSSR count). The lowest BCUT2D eigenvalue weighted by Gasteiger charge is -2.40. The van der Waals surface area contributed by atoms with Crippen LogP contribution in [0, 0.1) is 23.7 Å². The van der Waals surface area contributed by atoms with Gasteiger partial charge < -0.3 is 0 Å². The second-order valence-corrected chi connectivity index (χ2v) is 4.35. The summed E-state index contributed by atoms with van der Waals surface area (Å²) in [6.07, 6.45) is 0. The van der Waals surface area contributed by atoms with Crippen molar-refractivity contribution < 1.29 is 0 Å². The van der Waals surface area contributed by atoms with E-state index in [0.717, 1.165) is 11.8 Å². The van der Waals surface area contributed by atoms with Crippen molar-refractivity contribution in [2.45, 2.75) is 27.7 Å². The lowest BCUT2D eigenvalue weighted by atomic mass is 9.65. The molecule has 0 bridgehead atoms. The first kappa shape index (κ1) is 9.57. The first-order valence-corrected chi connectivity index (χ1v) is 4.84. The lowest BCUT2D eigenvalue weighted by Crippen LogP contribution is -2.31. The zero-order chi connectivity index (χ0) is 9.46. The predicted molar refractivity (Wildman–Crippen MR) is 54.9 cm³/mol. The molecule has 1 aliphatic carbocycles. The molecule has 0 aromatic rings. The molecule has 4 unspecified atom stereocenters. The zero-order valence-corrected chi connectivity index (χ0v) is 8.72. The van der Waals surface area contributed by atoms with E-state index in [4.69, 9.17) is 0 Å². The van der Waals surface area contributed by atoms with Crippen LogP contribution in [0.2, 0.25) is 0 Å². The summed E-state index contributed by atoms with van der Waals surface area (Å²) in [7, 11) is 0. The molecule has 68 valence electrons. The van der Waals surface area contributed by atoms with Crippen molar-refractivity contribution in [2.24, 2.45) is 23.7 Å². The SMILES string of the molecule is C=C1C(=C)C(C)C(C)C(C)C1C. The van der Waals surface area contributed by atoms with Crippen molar-refractivity contribution in [1.29, 1.82) is 0 Å². The van der Waals surface area contributed by atoms with Crippen LogP contribution in [0.1, 0.15) is 27.7 Å². The van der Waals surface area contributed by atoms with Crippen LogP contribution in [0.25, 0.3) is 0 Å². The molecule has 0 saturated heterocycles. The fraction of sp³-hybridized carbons (Fsp3) is 0.667. The van der Waals surface area contributed by atoms with Gasteiger partial charge in [0.15, 0.2) is 0 Å². The monoisotopic (exact) mass is 164 g/mol. The lowest BCUT2D eigenvalue weighted by molar-refractivity contribution is 0.226. The van der Waals surface area contributed by atoms with Crippen LogP contribution in [0.15, 0.2) is 24.3 Å². The van der Waals surface area contributed by atoms with Crippen molar-refractivity contribution in [2.75, 3.05) is 0 Å². The Labute approximate surface area is 76.4 Å². The van der Waals surface area contributed by atoms with Gasteiger partial charge in [-0.15, -0.1) is 0 Å². The molecule has 12 heavy (non-hydrogen) atoms. The Kier molecular flexibility index (Phi) is 2.46. The van der Waals surface area contributed by atoms with Crippen LogP contribution in [-0.4, -0.2) is 0 Å². The molecular weight excluding hydrogens is 144 g/mol. The molecule has 4 atom stereocenters. The standard InChI is InChI=1S/C12H20/c1-7-8(2)10(4)12(6)11(5)9(7)3/h9-12H,1-2H2,3-6H3. The average Bonchev–Trinajstić information content (AvgIpc) is 2.08. The van der Waals surface area contributed by atoms with Crippen molar-refractivity contribution in [3.8, 4) is 0 Å². The zero-order valence-electron chi connectivity index (χ0n) is 8.72. The van der Waals surface area contributed by atoms with E-state index < -0.39 is 0 Å². The highest BCUT2D eigenvalue weighted by molar-refractivity contribution is 5.33. The third-order valence-electron chi connectivity index (χ3n) is 3.92. The number of rotatable bonds is 0. The molecule has 0 aromatic carbocycles. The van der Waals surface area contributed by atoms with Gasteiger partial charge in [-0.25, -0.2) is 0 Å². The fourth-order valence-corrected chi connectivity index (χ4v) is 2.13. The van der Waals surface area contributed by atoms with Gasteiger partial charge in [-0.05, 0) is 34.8 Å². The Morgan fingerprint density at radius 3 is 1.25 bits per heavy atom. The normalized spacial score (nSPS) is 43.3. The van der Waals surface area contributed by atoms with Gasteiger partial charge in [-0.1, -0.05) is 40.9 Å². The Bertz CT molecular complexity index is 188. The molecular formula is C12H20. The minimum Gasteiger partial charge on any atom is -0.0953 e. The first-order chi connectivity index (χ1) is 5.46. The fourth-order valence-electron chi connectivity index (χ4n) is 2.13. The maximum absolute atomic E-state index is 4.11. The van der Waals surface area contributed by atoms with E-state index >= 15 is 0 Å². The van der Waals surface area contributed by atoms with E-state index in [0.29, 0.717) is 11.8 Å². The third-order valence-corrected chi connectivity index (χ3v) is 3.92. The quantitative estimate of drug-likeness (QED) is 0.512. The van der Waals surface area contributed by atoms with E-state index in [2.05, 4.69) is 40.9 Å². The molecule has 0 amide bonds. The summed E-state index contributed by atoms with van der Waals surface area (Å²) in [6, 6.07) is 0. The molecule has 1 fully saturated rings. The molecule has 0 aromatic heterocycles. The van der Waals surface area contributed by atoms with Crippen LogP contribution in [0.3, 0.4) is 0 Å². The maximum Gasteiger partial charge on any atom is -0.0165 e. The van der Waals surface area contributed by atoms with Gasteiger partial charge in [0.05, 0.1) is 0 Å². The Morgan fingerprint density at radius 2 is 1.00 bits per heavy atom. The van der Waals surface area contributed by atoms with Crippen LogP contribution in [-0.2, 0) is 0 Å². The molecule has 0 N–H and O–H groups in total. The van der Waals surface area contributed by atoms with E-state index in [-0.39, 0.29) is 0 Å². The number of hydrogen-bond acceptors (Lipinski definition) is 0. The van der Waals surface area contributed by atoms with Crippen LogP contribution < -0.4 is 0 Å². The first-order valence-electron chi connectivity index (χ1n) is 4.84. The molecule has 0 spiro atoms. The molecule has 1 saturated carbocycles. The highest BCUT2D eigenvalue weighted by atomic mass is 14.4. The molecule has 0 radical (unpaired) electrons. The number of hydrogen-bond donors (Lipinski definition) is 0. The van der Waals surface area contributed by atoms with Crippen LogP contribution >= 0.6 is 0 Å². The topological polar surface area (TPSA) is 0 Å². The van der Waals surface area contributed by atoms with Gasteiger partial charge in [0, 0.05) is 0 Å². The summed E-state index contributed by atoms with van der Waals surface area (Å²) in [4.78, 5) is 0. The molecule has 0 nitrogen and oxygen atoms in total. The molecule has 0 heterocycles. The minimum absolute atomic E-state index is 0.615. The highest BCUT2D eigenvalue weighted by Gasteiger charge is 2.33. The highest BCUT2D eigenvalue weighted by Crippen LogP contribution is 2.43. The van der Waals surface area contributed by atoms with Gasteiger partial charge in [0.25, 0.3) is 0 Å². The Hall–Kier alpha value is -0.520. The third kappa shape index (κ3) is 1.24. The molecule has 0 heteroatoms. The van der Waals surface area contributed by atoms with E-state index in [1.54, 1.807) is 0 Å². The van der Waals surface area contributed by atoms with Gasteiger partial charge in [0.1, 0.15) is 0 Å². The summed E-state index contributed by atoms with van der Waals surface area (Å²) >= 11 is 0. The second kappa shape index (κ2) is 3.08. The largest absolute Gasteiger partial charge is 0.0953 e. The van der Waals surface area contributed by atoms with Crippen LogP contribution in [0.5, 0.6) is 0 Å². The van der Waals surface area contributed by atoms with Crippen LogP contribution in [0.4, 0.5) is 0 Å². The van der Waals surface area contributed by atoms with Gasteiger partial charge in [-0.2, -0.15) is 0 Å². The summed E-state index contributed by atoms with van der Waals surface area (Å²) in [5.74, 6) is 2.73. The smallest absolute Gasteiger partial charge is 0.0165 e.